The number of amides is 1. The van der Waals surface area contributed by atoms with Crippen LogP contribution in [-0.2, 0) is 17.6 Å². The van der Waals surface area contributed by atoms with Crippen LogP contribution in [0.15, 0.2) is 59.1 Å². The van der Waals surface area contributed by atoms with Gasteiger partial charge in [-0.3, -0.25) is 4.79 Å². The minimum Gasteiger partial charge on any atom is -0.497 e. The zero-order valence-corrected chi connectivity index (χ0v) is 15.4. The molecule has 0 atom stereocenters. The van der Waals surface area contributed by atoms with Crippen molar-refractivity contribution < 1.29 is 14.1 Å². The molecule has 1 heterocycles. The van der Waals surface area contributed by atoms with Crippen LogP contribution >= 0.6 is 0 Å². The fraction of sp³-hybridized carbons (Fsp3) is 0.286. The van der Waals surface area contributed by atoms with Crippen molar-refractivity contribution in [1.29, 1.82) is 0 Å². The molecule has 0 unspecified atom stereocenters. The lowest BCUT2D eigenvalue weighted by molar-refractivity contribution is -0.121. The summed E-state index contributed by atoms with van der Waals surface area (Å²) in [4.78, 5) is 16.3. The minimum absolute atomic E-state index is 0.00717. The van der Waals surface area contributed by atoms with Crippen LogP contribution in [0.2, 0.25) is 0 Å². The van der Waals surface area contributed by atoms with Gasteiger partial charge in [-0.1, -0.05) is 35.5 Å². The van der Waals surface area contributed by atoms with Crippen LogP contribution in [0.5, 0.6) is 5.75 Å². The molecule has 0 aliphatic rings. The van der Waals surface area contributed by atoms with Gasteiger partial charge in [0.1, 0.15) is 5.75 Å². The zero-order valence-electron chi connectivity index (χ0n) is 15.4. The van der Waals surface area contributed by atoms with Gasteiger partial charge in [0.05, 0.1) is 7.11 Å². The maximum atomic E-state index is 12.0. The minimum atomic E-state index is -0.00717. The molecule has 0 aliphatic heterocycles. The Balaban J connectivity index is 1.39. The number of carbonyl (C=O) groups is 1. The van der Waals surface area contributed by atoms with Crippen molar-refractivity contribution in [2.24, 2.45) is 0 Å². The Morgan fingerprint density at radius 3 is 2.59 bits per heavy atom. The maximum Gasteiger partial charge on any atom is 0.227 e. The van der Waals surface area contributed by atoms with Crippen molar-refractivity contribution in [3.05, 3.63) is 66.1 Å². The molecule has 6 heteroatoms. The largest absolute Gasteiger partial charge is 0.497 e. The third-order valence-electron chi connectivity index (χ3n) is 4.19. The number of nitrogens with zero attached hydrogens (tertiary/aromatic N) is 2. The lowest BCUT2D eigenvalue weighted by Gasteiger charge is -2.04. The van der Waals surface area contributed by atoms with E-state index < -0.39 is 0 Å². The number of rotatable bonds is 9. The predicted molar refractivity (Wildman–Crippen MR) is 102 cm³/mol. The van der Waals surface area contributed by atoms with E-state index in [4.69, 9.17) is 9.26 Å². The summed E-state index contributed by atoms with van der Waals surface area (Å²) in [7, 11) is 1.62. The standard InChI is InChI=1S/C21H23N3O3/c1-26-18-11-9-17(10-12-18)21-23-20(27-24-21)14-13-19(25)22-15-5-8-16-6-3-2-4-7-16/h2-4,6-7,9-12H,5,8,13-15H2,1H3,(H,22,25). The van der Waals surface area contributed by atoms with Gasteiger partial charge in [-0.25, -0.2) is 0 Å². The lowest BCUT2D eigenvalue weighted by Crippen LogP contribution is -2.25. The van der Waals surface area contributed by atoms with Crippen molar-refractivity contribution >= 4 is 5.91 Å². The van der Waals surface area contributed by atoms with E-state index in [1.54, 1.807) is 7.11 Å². The van der Waals surface area contributed by atoms with E-state index in [2.05, 4.69) is 27.6 Å². The van der Waals surface area contributed by atoms with Gasteiger partial charge < -0.3 is 14.6 Å². The van der Waals surface area contributed by atoms with Gasteiger partial charge in [0.15, 0.2) is 0 Å². The van der Waals surface area contributed by atoms with Crippen LogP contribution in [0.3, 0.4) is 0 Å². The first-order chi connectivity index (χ1) is 13.2. The predicted octanol–water partition coefficient (Wildman–Crippen LogP) is 3.43. The first kappa shape index (κ1) is 18.6. The highest BCUT2D eigenvalue weighted by Crippen LogP contribution is 2.19. The number of carbonyl (C=O) groups excluding carboxylic acids is 1. The molecular weight excluding hydrogens is 342 g/mol. The molecule has 0 bridgehead atoms. The molecule has 140 valence electrons. The van der Waals surface area contributed by atoms with Crippen LogP contribution < -0.4 is 10.1 Å². The molecular formula is C21H23N3O3. The van der Waals surface area contributed by atoms with Gasteiger partial charge >= 0.3 is 0 Å². The van der Waals surface area contributed by atoms with Gasteiger partial charge in [0, 0.05) is 24.9 Å². The van der Waals surface area contributed by atoms with Crippen molar-refractivity contribution in [2.75, 3.05) is 13.7 Å². The normalized spacial score (nSPS) is 10.6. The van der Waals surface area contributed by atoms with Crippen LogP contribution in [0, 0.1) is 0 Å². The average Bonchev–Trinajstić information content (AvgIpc) is 3.19. The Morgan fingerprint density at radius 2 is 1.85 bits per heavy atom. The molecule has 0 fully saturated rings. The van der Waals surface area contributed by atoms with Crippen LogP contribution in [0.4, 0.5) is 0 Å². The molecule has 0 radical (unpaired) electrons. The first-order valence-corrected chi connectivity index (χ1v) is 9.02. The second-order valence-electron chi connectivity index (χ2n) is 6.18. The summed E-state index contributed by atoms with van der Waals surface area (Å²) >= 11 is 0. The number of benzene rings is 2. The smallest absolute Gasteiger partial charge is 0.227 e. The number of hydrogen-bond acceptors (Lipinski definition) is 5. The summed E-state index contributed by atoms with van der Waals surface area (Å²) in [5, 5.41) is 6.90. The molecule has 0 saturated carbocycles. The molecule has 6 nitrogen and oxygen atoms in total. The number of nitrogens with one attached hydrogen (secondary N) is 1. The Kier molecular flexibility index (Phi) is 6.57. The Hall–Kier alpha value is -3.15. The number of aromatic nitrogens is 2. The van der Waals surface area contributed by atoms with Gasteiger partial charge in [-0.15, -0.1) is 0 Å². The third-order valence-corrected chi connectivity index (χ3v) is 4.19. The highest BCUT2D eigenvalue weighted by atomic mass is 16.5. The van der Waals surface area contributed by atoms with E-state index >= 15 is 0 Å². The molecule has 2 aromatic carbocycles. The lowest BCUT2D eigenvalue weighted by atomic mass is 10.1. The van der Waals surface area contributed by atoms with E-state index in [0.29, 0.717) is 31.1 Å². The summed E-state index contributed by atoms with van der Waals surface area (Å²) < 4.78 is 10.4. The van der Waals surface area contributed by atoms with Gasteiger partial charge in [0.2, 0.25) is 17.6 Å². The topological polar surface area (TPSA) is 77.2 Å². The average molecular weight is 365 g/mol. The summed E-state index contributed by atoms with van der Waals surface area (Å²) in [6, 6.07) is 17.7. The number of ether oxygens (including phenoxy) is 1. The summed E-state index contributed by atoms with van der Waals surface area (Å²) in [5.41, 5.74) is 2.12. The number of hydrogen-bond donors (Lipinski definition) is 1. The van der Waals surface area contributed by atoms with Gasteiger partial charge in [-0.05, 0) is 42.7 Å². The molecule has 0 saturated heterocycles. The molecule has 0 spiro atoms. The fourth-order valence-corrected chi connectivity index (χ4v) is 2.69. The molecule has 1 N–H and O–H groups in total. The summed E-state index contributed by atoms with van der Waals surface area (Å²) in [5.74, 6) is 1.73. The monoisotopic (exact) mass is 365 g/mol. The highest BCUT2D eigenvalue weighted by Gasteiger charge is 2.10. The molecule has 1 amide bonds. The Morgan fingerprint density at radius 1 is 1.07 bits per heavy atom. The fourth-order valence-electron chi connectivity index (χ4n) is 2.69. The van der Waals surface area contributed by atoms with Crippen molar-refractivity contribution in [2.45, 2.75) is 25.7 Å². The van der Waals surface area contributed by atoms with Crippen molar-refractivity contribution in [1.82, 2.24) is 15.5 Å². The van der Waals surface area contributed by atoms with Crippen LogP contribution in [-0.4, -0.2) is 29.7 Å². The van der Waals surface area contributed by atoms with Crippen molar-refractivity contribution in [3.8, 4) is 17.1 Å². The zero-order chi connectivity index (χ0) is 18.9. The quantitative estimate of drug-likeness (QED) is 0.588. The maximum absolute atomic E-state index is 12.0. The summed E-state index contributed by atoms with van der Waals surface area (Å²) in [6.07, 6.45) is 2.62. The van der Waals surface area contributed by atoms with Gasteiger partial charge in [-0.2, -0.15) is 4.98 Å². The summed E-state index contributed by atoms with van der Waals surface area (Å²) in [6.45, 7) is 0.661. The Labute approximate surface area is 158 Å². The van der Waals surface area contributed by atoms with Crippen LogP contribution in [0.25, 0.3) is 11.4 Å². The highest BCUT2D eigenvalue weighted by molar-refractivity contribution is 5.76. The number of methoxy groups -OCH3 is 1. The second-order valence-corrected chi connectivity index (χ2v) is 6.18. The van der Waals surface area contributed by atoms with Gasteiger partial charge in [0.25, 0.3) is 0 Å². The molecule has 3 aromatic rings. The van der Waals surface area contributed by atoms with E-state index in [0.717, 1.165) is 24.2 Å². The van der Waals surface area contributed by atoms with E-state index in [1.165, 1.54) is 5.56 Å². The van der Waals surface area contributed by atoms with Crippen LogP contribution in [0.1, 0.15) is 24.3 Å². The molecule has 0 aliphatic carbocycles. The Bertz CT molecular complexity index is 845. The molecule has 1 aromatic heterocycles. The molecule has 3 rings (SSSR count). The van der Waals surface area contributed by atoms with E-state index in [-0.39, 0.29) is 5.91 Å². The number of aryl methyl sites for hydroxylation is 2. The second kappa shape index (κ2) is 9.52. The van der Waals surface area contributed by atoms with E-state index in [9.17, 15) is 4.79 Å². The SMILES string of the molecule is COc1ccc(-c2noc(CCC(=O)NCCCc3ccccc3)n2)cc1. The first-order valence-electron chi connectivity index (χ1n) is 9.02. The third kappa shape index (κ3) is 5.67. The van der Waals surface area contributed by atoms with Crippen molar-refractivity contribution in [3.63, 3.8) is 0 Å². The molecule has 27 heavy (non-hydrogen) atoms. The van der Waals surface area contributed by atoms with E-state index in [1.807, 2.05) is 42.5 Å².